The van der Waals surface area contributed by atoms with Gasteiger partial charge in [-0.15, -0.1) is 0 Å². The molecule has 4 rings (SSSR count). The molecular formula is C21H18BrN3O2S. The number of benzene rings is 2. The lowest BCUT2D eigenvalue weighted by Crippen LogP contribution is -2.47. The SMILES string of the molecule is COc1ccc(Br)cc1[C@@H]1CC(=O)N2CN(c3ccccc3)CSC2=C1C#N. The Labute approximate surface area is 176 Å². The average molecular weight is 456 g/mol. The normalized spacial score (nSPS) is 19.3. The first-order valence-corrected chi connectivity index (χ1v) is 10.6. The van der Waals surface area contributed by atoms with Gasteiger partial charge in [0.2, 0.25) is 5.91 Å². The first-order valence-electron chi connectivity index (χ1n) is 8.83. The molecule has 0 N–H and O–H groups in total. The maximum atomic E-state index is 13.0. The lowest BCUT2D eigenvalue weighted by atomic mass is 9.86. The zero-order chi connectivity index (χ0) is 19.7. The van der Waals surface area contributed by atoms with Crippen LogP contribution in [-0.2, 0) is 4.79 Å². The largest absolute Gasteiger partial charge is 0.496 e. The van der Waals surface area contributed by atoms with Crippen LogP contribution in [0.3, 0.4) is 0 Å². The van der Waals surface area contributed by atoms with E-state index in [0.29, 0.717) is 23.9 Å². The molecule has 0 bridgehead atoms. The number of nitrogens with zero attached hydrogens (tertiary/aromatic N) is 3. The number of methoxy groups -OCH3 is 1. The number of anilines is 1. The minimum atomic E-state index is -0.299. The van der Waals surface area contributed by atoms with Crippen molar-refractivity contribution in [2.45, 2.75) is 12.3 Å². The smallest absolute Gasteiger partial charge is 0.229 e. The van der Waals surface area contributed by atoms with Crippen molar-refractivity contribution in [3.63, 3.8) is 0 Å². The third kappa shape index (κ3) is 3.38. The molecule has 2 aromatic rings. The summed E-state index contributed by atoms with van der Waals surface area (Å²) in [5.41, 5.74) is 2.56. The second kappa shape index (κ2) is 7.90. The van der Waals surface area contributed by atoms with Crippen LogP contribution in [0.25, 0.3) is 0 Å². The summed E-state index contributed by atoms with van der Waals surface area (Å²) in [5.74, 6) is 1.10. The molecule has 142 valence electrons. The maximum absolute atomic E-state index is 13.0. The molecule has 1 fully saturated rings. The molecule has 2 aliphatic rings. The van der Waals surface area contributed by atoms with Crippen molar-refractivity contribution in [1.82, 2.24) is 4.90 Å². The van der Waals surface area contributed by atoms with Crippen LogP contribution >= 0.6 is 27.7 Å². The highest BCUT2D eigenvalue weighted by Gasteiger charge is 2.39. The van der Waals surface area contributed by atoms with Crippen LogP contribution in [0.2, 0.25) is 0 Å². The fourth-order valence-electron chi connectivity index (χ4n) is 3.61. The molecule has 0 unspecified atom stereocenters. The number of halogens is 1. The molecule has 1 amide bonds. The Hall–Kier alpha value is -2.43. The van der Waals surface area contributed by atoms with Gasteiger partial charge in [-0.25, -0.2) is 0 Å². The van der Waals surface area contributed by atoms with Gasteiger partial charge in [0, 0.05) is 28.1 Å². The number of carbonyl (C=O) groups is 1. The van der Waals surface area contributed by atoms with Gasteiger partial charge in [0.05, 0.1) is 36.3 Å². The number of allylic oxidation sites excluding steroid dienone is 1. The quantitative estimate of drug-likeness (QED) is 0.672. The molecule has 0 saturated carbocycles. The van der Waals surface area contributed by atoms with Gasteiger partial charge in [-0.05, 0) is 30.3 Å². The minimum Gasteiger partial charge on any atom is -0.496 e. The van der Waals surface area contributed by atoms with Gasteiger partial charge in [-0.2, -0.15) is 5.26 Å². The highest BCUT2D eigenvalue weighted by atomic mass is 79.9. The summed E-state index contributed by atoms with van der Waals surface area (Å²) in [6.07, 6.45) is 0.252. The predicted octanol–water partition coefficient (Wildman–Crippen LogP) is 4.68. The van der Waals surface area contributed by atoms with Gasteiger partial charge in [0.25, 0.3) is 0 Å². The number of amides is 1. The van der Waals surface area contributed by atoms with Gasteiger partial charge in [0.1, 0.15) is 5.75 Å². The Bertz CT molecular complexity index is 987. The molecule has 1 saturated heterocycles. The predicted molar refractivity (Wildman–Crippen MR) is 114 cm³/mol. The fourth-order valence-corrected chi connectivity index (χ4v) is 5.15. The second-order valence-electron chi connectivity index (χ2n) is 6.59. The monoisotopic (exact) mass is 455 g/mol. The van der Waals surface area contributed by atoms with E-state index in [2.05, 4.69) is 26.9 Å². The average Bonchev–Trinajstić information content (AvgIpc) is 2.74. The zero-order valence-electron chi connectivity index (χ0n) is 15.3. The number of fused-ring (bicyclic) bond motifs is 1. The second-order valence-corrected chi connectivity index (χ2v) is 8.43. The Morgan fingerprint density at radius 1 is 1.25 bits per heavy atom. The summed E-state index contributed by atoms with van der Waals surface area (Å²) in [6.45, 7) is 0.457. The molecule has 0 aromatic heterocycles. The molecule has 5 nitrogen and oxygen atoms in total. The summed E-state index contributed by atoms with van der Waals surface area (Å²) in [6, 6.07) is 18.1. The highest BCUT2D eigenvalue weighted by Crippen LogP contribution is 2.45. The Kier molecular flexibility index (Phi) is 5.33. The molecular weight excluding hydrogens is 438 g/mol. The van der Waals surface area contributed by atoms with Crippen molar-refractivity contribution in [2.24, 2.45) is 0 Å². The van der Waals surface area contributed by atoms with E-state index >= 15 is 0 Å². The van der Waals surface area contributed by atoms with Gasteiger partial charge in [-0.3, -0.25) is 9.69 Å². The molecule has 2 aromatic carbocycles. The van der Waals surface area contributed by atoms with Crippen LogP contribution in [0.15, 0.2) is 63.6 Å². The molecule has 0 aliphatic carbocycles. The van der Waals surface area contributed by atoms with E-state index in [-0.39, 0.29) is 18.2 Å². The van der Waals surface area contributed by atoms with Gasteiger partial charge >= 0.3 is 0 Å². The van der Waals surface area contributed by atoms with Crippen LogP contribution < -0.4 is 9.64 Å². The van der Waals surface area contributed by atoms with Crippen molar-refractivity contribution in [2.75, 3.05) is 24.6 Å². The number of rotatable bonds is 3. The molecule has 2 aliphatic heterocycles. The number of hydrogen-bond donors (Lipinski definition) is 0. The zero-order valence-corrected chi connectivity index (χ0v) is 17.7. The molecule has 0 spiro atoms. The van der Waals surface area contributed by atoms with E-state index in [1.54, 1.807) is 12.0 Å². The number of ether oxygens (including phenoxy) is 1. The fraction of sp³-hybridized carbons (Fsp3) is 0.238. The van der Waals surface area contributed by atoms with Crippen LogP contribution in [0.1, 0.15) is 17.9 Å². The number of hydrogen-bond acceptors (Lipinski definition) is 5. The number of nitriles is 1. The van der Waals surface area contributed by atoms with E-state index in [0.717, 1.165) is 20.8 Å². The van der Waals surface area contributed by atoms with E-state index in [1.165, 1.54) is 11.8 Å². The number of thioether (sulfide) groups is 1. The first-order chi connectivity index (χ1) is 13.6. The standard InChI is InChI=1S/C21H18BrN3O2S/c1-27-19-8-7-14(22)9-17(19)16-10-20(26)25-12-24(15-5-3-2-4-6-15)13-28-21(25)18(16)11-23/h2-9,16H,10,12-13H2,1H3/t16-/m0/s1. The third-order valence-corrected chi connectivity index (χ3v) is 6.63. The van der Waals surface area contributed by atoms with Crippen molar-refractivity contribution in [3.05, 3.63) is 69.2 Å². The highest BCUT2D eigenvalue weighted by molar-refractivity contribution is 9.10. The lowest BCUT2D eigenvalue weighted by molar-refractivity contribution is -0.129. The summed E-state index contributed by atoms with van der Waals surface area (Å²) in [5, 5.41) is 10.7. The van der Waals surface area contributed by atoms with Crippen LogP contribution in [0, 0.1) is 11.3 Å². The molecule has 2 heterocycles. The summed E-state index contributed by atoms with van der Waals surface area (Å²) < 4.78 is 6.40. The third-order valence-electron chi connectivity index (χ3n) is 4.98. The van der Waals surface area contributed by atoms with E-state index < -0.39 is 0 Å². The number of carbonyl (C=O) groups excluding carboxylic acids is 1. The molecule has 0 radical (unpaired) electrons. The van der Waals surface area contributed by atoms with Gasteiger partial charge in [-0.1, -0.05) is 45.9 Å². The van der Waals surface area contributed by atoms with Gasteiger partial charge in [0.15, 0.2) is 0 Å². The lowest BCUT2D eigenvalue weighted by Gasteiger charge is -2.42. The Balaban J connectivity index is 1.72. The Morgan fingerprint density at radius 3 is 2.75 bits per heavy atom. The van der Waals surface area contributed by atoms with Crippen LogP contribution in [0.5, 0.6) is 5.75 Å². The van der Waals surface area contributed by atoms with E-state index in [1.807, 2.05) is 48.5 Å². The van der Waals surface area contributed by atoms with E-state index in [9.17, 15) is 10.1 Å². The summed E-state index contributed by atoms with van der Waals surface area (Å²) in [4.78, 5) is 16.9. The van der Waals surface area contributed by atoms with Crippen LogP contribution in [0.4, 0.5) is 5.69 Å². The van der Waals surface area contributed by atoms with Crippen molar-refractivity contribution >= 4 is 39.3 Å². The van der Waals surface area contributed by atoms with Crippen molar-refractivity contribution < 1.29 is 9.53 Å². The molecule has 7 heteroatoms. The maximum Gasteiger partial charge on any atom is 0.229 e. The number of para-hydroxylation sites is 1. The molecule has 1 atom stereocenters. The van der Waals surface area contributed by atoms with Crippen molar-refractivity contribution in [1.29, 1.82) is 5.26 Å². The van der Waals surface area contributed by atoms with Gasteiger partial charge < -0.3 is 9.64 Å². The first kappa shape index (κ1) is 18.9. The summed E-state index contributed by atoms with van der Waals surface area (Å²) >= 11 is 5.03. The molecule has 28 heavy (non-hydrogen) atoms. The van der Waals surface area contributed by atoms with Crippen LogP contribution in [-0.4, -0.2) is 30.5 Å². The topological polar surface area (TPSA) is 56.6 Å². The summed E-state index contributed by atoms with van der Waals surface area (Å²) in [7, 11) is 1.61. The Morgan fingerprint density at radius 2 is 2.04 bits per heavy atom. The van der Waals surface area contributed by atoms with Crippen molar-refractivity contribution in [3.8, 4) is 11.8 Å². The minimum absolute atomic E-state index is 0.0224. The van der Waals surface area contributed by atoms with E-state index in [4.69, 9.17) is 4.74 Å².